The van der Waals surface area contributed by atoms with Crippen molar-refractivity contribution < 1.29 is 19.3 Å². The molecule has 0 aromatic heterocycles. The maximum Gasteiger partial charge on any atom is 0.0700 e. The summed E-state index contributed by atoms with van der Waals surface area (Å²) in [6.45, 7) is 8.85. The van der Waals surface area contributed by atoms with Gasteiger partial charge < -0.3 is 24.6 Å². The Balaban J connectivity index is 3.53. The fourth-order valence-corrected chi connectivity index (χ4v) is 2.17. The Labute approximate surface area is 130 Å². The number of hydrogen-bond acceptors (Lipinski definition) is 5. The van der Waals surface area contributed by atoms with Crippen molar-refractivity contribution in [2.45, 2.75) is 51.5 Å². The Hall–Kier alpha value is -0.200. The van der Waals surface area contributed by atoms with Crippen molar-refractivity contribution in [2.75, 3.05) is 53.3 Å². The minimum Gasteiger partial charge on any atom is -0.394 e. The van der Waals surface area contributed by atoms with Crippen LogP contribution in [0.4, 0.5) is 0 Å². The molecule has 0 aliphatic heterocycles. The number of ether oxygens (including phenoxy) is 3. The summed E-state index contributed by atoms with van der Waals surface area (Å²) in [5.74, 6) is 0. The molecule has 0 radical (unpaired) electrons. The molecule has 0 aromatic rings. The fourth-order valence-electron chi connectivity index (χ4n) is 2.17. The van der Waals surface area contributed by atoms with E-state index in [1.807, 2.05) is 0 Å². The highest BCUT2D eigenvalue weighted by Crippen LogP contribution is 2.17. The minimum absolute atomic E-state index is 0.143. The van der Waals surface area contributed by atoms with Crippen LogP contribution in [0, 0.1) is 0 Å². The molecule has 21 heavy (non-hydrogen) atoms. The molecule has 0 heterocycles. The van der Waals surface area contributed by atoms with E-state index < -0.39 is 0 Å². The minimum atomic E-state index is -0.143. The van der Waals surface area contributed by atoms with Gasteiger partial charge in [0.2, 0.25) is 0 Å². The number of rotatable bonds is 16. The van der Waals surface area contributed by atoms with E-state index in [0.717, 1.165) is 58.5 Å². The molecule has 0 bridgehead atoms. The Kier molecular flexibility index (Phi) is 14.6. The molecular weight excluding hydrogens is 270 g/mol. The van der Waals surface area contributed by atoms with Gasteiger partial charge in [0, 0.05) is 32.5 Å². The quantitative estimate of drug-likeness (QED) is 0.427. The smallest absolute Gasteiger partial charge is 0.0700 e. The molecule has 2 N–H and O–H groups in total. The van der Waals surface area contributed by atoms with Crippen molar-refractivity contribution in [1.29, 1.82) is 0 Å². The Bertz CT molecular complexity index is 210. The van der Waals surface area contributed by atoms with Crippen LogP contribution in [0.3, 0.4) is 0 Å². The van der Waals surface area contributed by atoms with Gasteiger partial charge in [-0.1, -0.05) is 13.8 Å². The van der Waals surface area contributed by atoms with E-state index >= 15 is 0 Å². The summed E-state index contributed by atoms with van der Waals surface area (Å²) in [6, 6.07) is 0. The van der Waals surface area contributed by atoms with Gasteiger partial charge in [0.15, 0.2) is 0 Å². The van der Waals surface area contributed by atoms with Crippen LogP contribution in [0.1, 0.15) is 46.0 Å². The lowest BCUT2D eigenvalue weighted by molar-refractivity contribution is 0.0352. The normalized spacial score (nSPS) is 14.3. The van der Waals surface area contributed by atoms with Crippen molar-refractivity contribution in [3.63, 3.8) is 0 Å². The molecule has 0 aliphatic carbocycles. The topological polar surface area (TPSA) is 60.0 Å². The third kappa shape index (κ3) is 11.1. The highest BCUT2D eigenvalue weighted by molar-refractivity contribution is 4.85. The number of methoxy groups -OCH3 is 1. The number of aliphatic hydroxyl groups is 1. The highest BCUT2D eigenvalue weighted by atomic mass is 16.5. The van der Waals surface area contributed by atoms with E-state index in [1.54, 1.807) is 7.11 Å². The Morgan fingerprint density at radius 1 is 0.952 bits per heavy atom. The van der Waals surface area contributed by atoms with Crippen molar-refractivity contribution in [3.8, 4) is 0 Å². The van der Waals surface area contributed by atoms with Gasteiger partial charge in [-0.05, 0) is 38.6 Å². The van der Waals surface area contributed by atoms with Crippen LogP contribution >= 0.6 is 0 Å². The molecule has 1 atom stereocenters. The molecule has 0 fully saturated rings. The summed E-state index contributed by atoms with van der Waals surface area (Å²) in [4.78, 5) is 0. The lowest BCUT2D eigenvalue weighted by Crippen LogP contribution is -2.48. The summed E-state index contributed by atoms with van der Waals surface area (Å²) in [5.41, 5.74) is -0.143. The lowest BCUT2D eigenvalue weighted by Gasteiger charge is -2.32. The molecule has 0 saturated heterocycles. The second-order valence-corrected chi connectivity index (χ2v) is 5.39. The first-order valence-electron chi connectivity index (χ1n) is 8.25. The first-order chi connectivity index (χ1) is 10.2. The molecular formula is C16H35NO4. The van der Waals surface area contributed by atoms with Crippen molar-refractivity contribution >= 4 is 0 Å². The van der Waals surface area contributed by atoms with Crippen LogP contribution in [0.25, 0.3) is 0 Å². The van der Waals surface area contributed by atoms with Crippen molar-refractivity contribution in [3.05, 3.63) is 0 Å². The van der Waals surface area contributed by atoms with E-state index in [2.05, 4.69) is 19.2 Å². The Morgan fingerprint density at radius 3 is 2.14 bits per heavy atom. The average Bonchev–Trinajstić information content (AvgIpc) is 2.52. The standard InChI is InChI=1S/C16H35NO4/c1-4-9-17-16(5-2,15-18)8-6-11-20-13-14-21-12-7-10-19-3/h17-18H,4-15H2,1-3H3. The first kappa shape index (κ1) is 20.8. The lowest BCUT2D eigenvalue weighted by atomic mass is 9.91. The van der Waals surface area contributed by atoms with Gasteiger partial charge in [-0.25, -0.2) is 0 Å². The van der Waals surface area contributed by atoms with E-state index in [-0.39, 0.29) is 12.1 Å². The van der Waals surface area contributed by atoms with Crippen LogP contribution in [0.5, 0.6) is 0 Å². The van der Waals surface area contributed by atoms with Crippen LogP contribution in [0.2, 0.25) is 0 Å². The van der Waals surface area contributed by atoms with Gasteiger partial charge in [0.25, 0.3) is 0 Å². The van der Waals surface area contributed by atoms with E-state index in [1.165, 1.54) is 0 Å². The largest absolute Gasteiger partial charge is 0.394 e. The van der Waals surface area contributed by atoms with Crippen molar-refractivity contribution in [2.24, 2.45) is 0 Å². The van der Waals surface area contributed by atoms with Gasteiger partial charge >= 0.3 is 0 Å². The Morgan fingerprint density at radius 2 is 1.62 bits per heavy atom. The van der Waals surface area contributed by atoms with Gasteiger partial charge in [0.1, 0.15) is 0 Å². The van der Waals surface area contributed by atoms with Gasteiger partial charge in [0.05, 0.1) is 19.8 Å². The third-order valence-electron chi connectivity index (χ3n) is 3.68. The first-order valence-corrected chi connectivity index (χ1v) is 8.25. The maximum absolute atomic E-state index is 9.61. The summed E-state index contributed by atoms with van der Waals surface area (Å²) >= 11 is 0. The second-order valence-electron chi connectivity index (χ2n) is 5.39. The van der Waals surface area contributed by atoms with E-state index in [0.29, 0.717) is 13.2 Å². The van der Waals surface area contributed by atoms with Crippen LogP contribution in [-0.4, -0.2) is 63.9 Å². The van der Waals surface area contributed by atoms with Crippen LogP contribution in [0.15, 0.2) is 0 Å². The van der Waals surface area contributed by atoms with Gasteiger partial charge in [-0.3, -0.25) is 0 Å². The van der Waals surface area contributed by atoms with Gasteiger partial charge in [-0.15, -0.1) is 0 Å². The molecule has 0 aliphatic rings. The van der Waals surface area contributed by atoms with E-state index in [4.69, 9.17) is 14.2 Å². The molecule has 0 saturated carbocycles. The summed E-state index contributed by atoms with van der Waals surface area (Å²) in [5, 5.41) is 13.1. The molecule has 128 valence electrons. The van der Waals surface area contributed by atoms with Crippen LogP contribution < -0.4 is 5.32 Å². The molecule has 0 aromatic carbocycles. The summed E-state index contributed by atoms with van der Waals surface area (Å²) in [7, 11) is 1.70. The predicted octanol–water partition coefficient (Wildman–Crippen LogP) is 1.98. The molecule has 0 rings (SSSR count). The zero-order valence-corrected chi connectivity index (χ0v) is 14.2. The molecule has 1 unspecified atom stereocenters. The highest BCUT2D eigenvalue weighted by Gasteiger charge is 2.25. The van der Waals surface area contributed by atoms with Crippen LogP contribution in [-0.2, 0) is 14.2 Å². The molecule has 0 amide bonds. The molecule has 0 spiro atoms. The maximum atomic E-state index is 9.61. The van der Waals surface area contributed by atoms with Crippen molar-refractivity contribution in [1.82, 2.24) is 5.32 Å². The zero-order valence-electron chi connectivity index (χ0n) is 14.2. The predicted molar refractivity (Wildman–Crippen MR) is 85.8 cm³/mol. The third-order valence-corrected chi connectivity index (χ3v) is 3.68. The zero-order chi connectivity index (χ0) is 15.8. The fraction of sp³-hybridized carbons (Fsp3) is 1.00. The SMILES string of the molecule is CCCNC(CC)(CO)CCCOCCOCCCOC. The summed E-state index contributed by atoms with van der Waals surface area (Å²) < 4.78 is 15.9. The average molecular weight is 305 g/mol. The summed E-state index contributed by atoms with van der Waals surface area (Å²) in [6.07, 6.45) is 4.84. The number of aliphatic hydroxyl groups excluding tert-OH is 1. The molecule has 5 heteroatoms. The molecule has 5 nitrogen and oxygen atoms in total. The number of nitrogens with one attached hydrogen (secondary N) is 1. The van der Waals surface area contributed by atoms with E-state index in [9.17, 15) is 5.11 Å². The number of hydrogen-bond donors (Lipinski definition) is 2. The van der Waals surface area contributed by atoms with Gasteiger partial charge in [-0.2, -0.15) is 0 Å². The second kappa shape index (κ2) is 14.7. The monoisotopic (exact) mass is 305 g/mol.